The molecular weight excluding hydrogens is 338 g/mol. The largest absolute Gasteiger partial charge is 0.372 e. The zero-order valence-electron chi connectivity index (χ0n) is 16.4. The van der Waals surface area contributed by atoms with Gasteiger partial charge in [0.2, 0.25) is 5.78 Å². The van der Waals surface area contributed by atoms with Crippen LogP contribution >= 0.6 is 0 Å². The van der Waals surface area contributed by atoms with Crippen molar-refractivity contribution in [2.45, 2.75) is 44.4 Å². The van der Waals surface area contributed by atoms with Crippen molar-refractivity contribution in [2.75, 3.05) is 30.0 Å². The monoisotopic (exact) mass is 370 g/mol. The Labute approximate surface area is 162 Å². The fraction of sp³-hybridized carbons (Fsp3) is 0.435. The van der Waals surface area contributed by atoms with Crippen molar-refractivity contribution in [1.82, 2.24) is 0 Å². The Hall–Kier alpha value is -1.74. The fourth-order valence-corrected chi connectivity index (χ4v) is 4.29. The van der Waals surface area contributed by atoms with Crippen molar-refractivity contribution < 1.29 is 4.79 Å². The molecule has 0 bridgehead atoms. The molecule has 0 N–H and O–H groups in total. The normalized spacial score (nSPS) is 12.0. The van der Waals surface area contributed by atoms with Gasteiger partial charge in [-0.15, -0.1) is 0 Å². The molecule has 140 valence electrons. The lowest BCUT2D eigenvalue weighted by molar-refractivity contribution is 0.102. The molecule has 2 aromatic rings. The molecule has 3 heteroatoms. The third-order valence-corrected chi connectivity index (χ3v) is 6.38. The molecule has 2 rings (SSSR count). The van der Waals surface area contributed by atoms with Gasteiger partial charge in [-0.25, -0.2) is 0 Å². The highest BCUT2D eigenvalue weighted by atomic mass is 32.2. The van der Waals surface area contributed by atoms with Crippen LogP contribution in [0.1, 0.15) is 49.9 Å². The SMILES string of the molecule is CCCCN(CCCC)c1ccc(C(=O)C[S+](C)c2ccccc2)cc1. The number of Topliss-reactive ketones (excluding diaryl/α,β-unsaturated/α-hetero) is 1. The summed E-state index contributed by atoms with van der Waals surface area (Å²) in [5.74, 6) is 0.818. The molecule has 0 aliphatic rings. The van der Waals surface area contributed by atoms with E-state index in [0.717, 1.165) is 18.7 Å². The van der Waals surface area contributed by atoms with E-state index in [1.807, 2.05) is 30.3 Å². The van der Waals surface area contributed by atoms with Gasteiger partial charge in [0.05, 0.1) is 0 Å². The molecule has 0 spiro atoms. The van der Waals surface area contributed by atoms with Crippen LogP contribution in [0.15, 0.2) is 59.5 Å². The molecular formula is C23H32NOS+. The van der Waals surface area contributed by atoms with Crippen LogP contribution in [0.3, 0.4) is 0 Å². The molecule has 0 aromatic heterocycles. The average molecular weight is 371 g/mol. The molecule has 1 unspecified atom stereocenters. The summed E-state index contributed by atoms with van der Waals surface area (Å²) in [5.41, 5.74) is 2.07. The number of anilines is 1. The van der Waals surface area contributed by atoms with E-state index >= 15 is 0 Å². The second-order valence-corrected chi connectivity index (χ2v) is 8.79. The maximum Gasteiger partial charge on any atom is 0.212 e. The minimum absolute atomic E-state index is 0.0467. The highest BCUT2D eigenvalue weighted by Gasteiger charge is 2.21. The summed E-state index contributed by atoms with van der Waals surface area (Å²) < 4.78 is 0. The van der Waals surface area contributed by atoms with Crippen LogP contribution < -0.4 is 4.90 Å². The molecule has 0 heterocycles. The van der Waals surface area contributed by atoms with Crippen molar-refractivity contribution in [2.24, 2.45) is 0 Å². The minimum atomic E-state index is -0.0467. The lowest BCUT2D eigenvalue weighted by atomic mass is 10.1. The van der Waals surface area contributed by atoms with E-state index in [9.17, 15) is 4.79 Å². The third-order valence-electron chi connectivity index (χ3n) is 4.61. The predicted octanol–water partition coefficient (Wildman–Crippen LogP) is 5.58. The van der Waals surface area contributed by atoms with E-state index in [2.05, 4.69) is 49.3 Å². The van der Waals surface area contributed by atoms with Crippen molar-refractivity contribution in [3.05, 3.63) is 60.2 Å². The number of rotatable bonds is 11. The van der Waals surface area contributed by atoms with Gasteiger partial charge < -0.3 is 4.90 Å². The Kier molecular flexibility index (Phi) is 8.76. The van der Waals surface area contributed by atoms with Crippen molar-refractivity contribution in [3.63, 3.8) is 0 Å². The Bertz CT molecular complexity index is 646. The number of hydrogen-bond acceptors (Lipinski definition) is 2. The molecule has 0 saturated heterocycles. The Morgan fingerprint density at radius 2 is 1.46 bits per heavy atom. The zero-order chi connectivity index (χ0) is 18.8. The van der Waals surface area contributed by atoms with Crippen LogP contribution in [-0.2, 0) is 10.9 Å². The minimum Gasteiger partial charge on any atom is -0.372 e. The highest BCUT2D eigenvalue weighted by molar-refractivity contribution is 7.96. The maximum absolute atomic E-state index is 12.6. The first-order valence-corrected chi connectivity index (χ1v) is 11.5. The molecule has 0 radical (unpaired) electrons. The summed E-state index contributed by atoms with van der Waals surface area (Å²) in [6, 6.07) is 18.6. The highest BCUT2D eigenvalue weighted by Crippen LogP contribution is 2.19. The van der Waals surface area contributed by atoms with Gasteiger partial charge in [0.1, 0.15) is 6.26 Å². The lowest BCUT2D eigenvalue weighted by Crippen LogP contribution is -2.25. The third kappa shape index (κ3) is 6.21. The van der Waals surface area contributed by atoms with Crippen LogP contribution in [0.5, 0.6) is 0 Å². The number of carbonyl (C=O) groups excluding carboxylic acids is 1. The van der Waals surface area contributed by atoms with Gasteiger partial charge in [-0.1, -0.05) is 44.9 Å². The van der Waals surface area contributed by atoms with Gasteiger partial charge in [0.15, 0.2) is 10.6 Å². The first-order chi connectivity index (χ1) is 12.7. The number of unbranched alkanes of at least 4 members (excludes halogenated alkanes) is 2. The van der Waals surface area contributed by atoms with Crippen LogP contribution in [0.4, 0.5) is 5.69 Å². The number of carbonyl (C=O) groups is 1. The van der Waals surface area contributed by atoms with Gasteiger partial charge >= 0.3 is 0 Å². The first kappa shape index (κ1) is 20.6. The van der Waals surface area contributed by atoms with Crippen LogP contribution in [0, 0.1) is 0 Å². The van der Waals surface area contributed by atoms with E-state index in [1.54, 1.807) is 0 Å². The van der Waals surface area contributed by atoms with Gasteiger partial charge in [0.25, 0.3) is 0 Å². The van der Waals surface area contributed by atoms with Crippen LogP contribution in [0.25, 0.3) is 0 Å². The Balaban J connectivity index is 2.01. The van der Waals surface area contributed by atoms with Crippen molar-refractivity contribution >= 4 is 22.4 Å². The summed E-state index contributed by atoms with van der Waals surface area (Å²) in [6.07, 6.45) is 6.98. The smallest absolute Gasteiger partial charge is 0.212 e. The standard InChI is InChI=1S/C23H32NOS/c1-4-6-17-24(18-7-5-2)21-15-13-20(14-16-21)23(25)19-26(3)22-11-9-8-10-12-22/h8-16H,4-7,17-19H2,1-3H3/q+1. The topological polar surface area (TPSA) is 20.3 Å². The van der Waals surface area contributed by atoms with Crippen LogP contribution in [0.2, 0.25) is 0 Å². The van der Waals surface area contributed by atoms with E-state index in [-0.39, 0.29) is 16.7 Å². The second kappa shape index (κ2) is 11.1. The quantitative estimate of drug-likeness (QED) is 0.380. The maximum atomic E-state index is 12.6. The van der Waals surface area contributed by atoms with E-state index in [0.29, 0.717) is 5.75 Å². The summed E-state index contributed by atoms with van der Waals surface area (Å²) >= 11 is 0. The first-order valence-electron chi connectivity index (χ1n) is 9.71. The molecule has 0 aliphatic carbocycles. The van der Waals surface area contributed by atoms with Gasteiger partial charge in [0, 0.05) is 35.2 Å². The van der Waals surface area contributed by atoms with Gasteiger partial charge in [-0.05, 0) is 49.2 Å². The summed E-state index contributed by atoms with van der Waals surface area (Å²) in [4.78, 5) is 16.4. The summed E-state index contributed by atoms with van der Waals surface area (Å²) in [6.45, 7) is 6.65. The van der Waals surface area contributed by atoms with E-state index < -0.39 is 0 Å². The number of nitrogens with zero attached hydrogens (tertiary/aromatic N) is 1. The van der Waals surface area contributed by atoms with Gasteiger partial charge in [-0.2, -0.15) is 0 Å². The average Bonchev–Trinajstić information content (AvgIpc) is 2.69. The lowest BCUT2D eigenvalue weighted by Gasteiger charge is -2.24. The van der Waals surface area contributed by atoms with Crippen molar-refractivity contribution in [3.8, 4) is 0 Å². The number of ketones is 1. The number of benzene rings is 2. The molecule has 0 saturated carbocycles. The summed E-state index contributed by atoms with van der Waals surface area (Å²) in [5, 5.41) is 0. The molecule has 1 atom stereocenters. The van der Waals surface area contributed by atoms with E-state index in [4.69, 9.17) is 0 Å². The molecule has 0 amide bonds. The van der Waals surface area contributed by atoms with Gasteiger partial charge in [-0.3, -0.25) is 4.79 Å². The Morgan fingerprint density at radius 3 is 2.00 bits per heavy atom. The van der Waals surface area contributed by atoms with E-state index in [1.165, 1.54) is 36.3 Å². The molecule has 2 aromatic carbocycles. The van der Waals surface area contributed by atoms with Crippen molar-refractivity contribution in [1.29, 1.82) is 0 Å². The predicted molar refractivity (Wildman–Crippen MR) is 116 cm³/mol. The van der Waals surface area contributed by atoms with Crippen LogP contribution in [-0.4, -0.2) is 30.9 Å². The molecule has 0 fully saturated rings. The second-order valence-electron chi connectivity index (χ2n) is 6.76. The molecule has 2 nitrogen and oxygen atoms in total. The molecule has 26 heavy (non-hydrogen) atoms. The zero-order valence-corrected chi connectivity index (χ0v) is 17.2. The fourth-order valence-electron chi connectivity index (χ4n) is 2.94. The Morgan fingerprint density at radius 1 is 0.885 bits per heavy atom. The number of hydrogen-bond donors (Lipinski definition) is 0. The summed E-state index contributed by atoms with van der Waals surface area (Å²) in [7, 11) is -0.0467. The molecule has 0 aliphatic heterocycles.